The van der Waals surface area contributed by atoms with Gasteiger partial charge < -0.3 is 5.11 Å². The minimum absolute atomic E-state index is 0. The molecule has 2 rings (SSSR count). The van der Waals surface area contributed by atoms with E-state index in [-0.39, 0.29) is 23.1 Å². The summed E-state index contributed by atoms with van der Waals surface area (Å²) in [5, 5.41) is 9.86. The lowest BCUT2D eigenvalue weighted by atomic mass is 10.2. The van der Waals surface area contributed by atoms with Gasteiger partial charge in [-0.25, -0.2) is 4.39 Å². The summed E-state index contributed by atoms with van der Waals surface area (Å²) in [4.78, 5) is 3.91. The van der Waals surface area contributed by atoms with Crippen LogP contribution in [0.2, 0.25) is 0 Å². The van der Waals surface area contributed by atoms with Crippen LogP contribution in [0.4, 0.5) is 4.39 Å². The van der Waals surface area contributed by atoms with Gasteiger partial charge >= 0.3 is 0 Å². The quantitative estimate of drug-likeness (QED) is 0.641. The van der Waals surface area contributed by atoms with Gasteiger partial charge in [0.1, 0.15) is 17.1 Å². The Bertz CT molecular complexity index is 433. The lowest BCUT2D eigenvalue weighted by Gasteiger charge is -1.98. The number of fused-ring (bicyclic) bond motifs is 1. The Hall–Kier alpha value is -1.11. The summed E-state index contributed by atoms with van der Waals surface area (Å²) in [6.07, 6.45) is 1.56. The molecule has 0 bridgehead atoms. The Balaban J connectivity index is 0.000000845. The summed E-state index contributed by atoms with van der Waals surface area (Å²) in [5.41, 5.74) is 0.430. The van der Waals surface area contributed by atoms with Crippen LogP contribution in [0.15, 0.2) is 30.5 Å². The maximum atomic E-state index is 12.7. The third-order valence-corrected chi connectivity index (χ3v) is 1.65. The first-order chi connectivity index (χ1) is 5.77. The van der Waals surface area contributed by atoms with Crippen LogP contribution in [-0.4, -0.2) is 27.5 Å². The zero-order valence-electron chi connectivity index (χ0n) is 6.74. The van der Waals surface area contributed by atoms with Crippen molar-refractivity contribution in [3.8, 4) is 5.75 Å². The highest BCUT2D eigenvalue weighted by molar-refractivity contribution is 5.83. The van der Waals surface area contributed by atoms with Crippen LogP contribution in [0, 0.1) is 5.82 Å². The Kier molecular flexibility index (Phi) is 2.87. The first kappa shape index (κ1) is 9.98. The molecule has 3 radical (unpaired) electrons. The molecular formula is C9H6AlFNO. The number of hydrogen-bond donors (Lipinski definition) is 1. The van der Waals surface area contributed by atoms with Crippen molar-refractivity contribution in [3.05, 3.63) is 36.3 Å². The number of nitrogens with zero attached hydrogens (tertiary/aromatic N) is 1. The summed E-state index contributed by atoms with van der Waals surface area (Å²) >= 11 is 0. The molecule has 0 unspecified atom stereocenters. The molecule has 0 aliphatic heterocycles. The molecule has 1 aromatic heterocycles. The largest absolute Gasteiger partial charge is 0.506 e. The molecule has 0 fully saturated rings. The molecule has 2 nitrogen and oxygen atoms in total. The molecule has 0 aliphatic rings. The average Bonchev–Trinajstić information content (AvgIpc) is 2.04. The molecule has 0 amide bonds. The fourth-order valence-corrected chi connectivity index (χ4v) is 1.14. The summed E-state index contributed by atoms with van der Waals surface area (Å²) in [7, 11) is 0. The second kappa shape index (κ2) is 3.74. The van der Waals surface area contributed by atoms with E-state index in [0.29, 0.717) is 10.9 Å². The second-order valence-corrected chi connectivity index (χ2v) is 2.50. The van der Waals surface area contributed by atoms with E-state index >= 15 is 0 Å². The van der Waals surface area contributed by atoms with Crippen molar-refractivity contribution < 1.29 is 9.50 Å². The molecule has 1 N–H and O–H groups in total. The van der Waals surface area contributed by atoms with E-state index in [1.807, 2.05) is 0 Å². The van der Waals surface area contributed by atoms with Crippen LogP contribution in [0.1, 0.15) is 0 Å². The van der Waals surface area contributed by atoms with Gasteiger partial charge in [0.2, 0.25) is 0 Å². The van der Waals surface area contributed by atoms with Gasteiger partial charge in [0.25, 0.3) is 0 Å². The highest BCUT2D eigenvalue weighted by Crippen LogP contribution is 2.22. The van der Waals surface area contributed by atoms with E-state index in [9.17, 15) is 9.50 Å². The minimum atomic E-state index is -0.451. The minimum Gasteiger partial charge on any atom is -0.506 e. The molecule has 1 heterocycles. The third kappa shape index (κ3) is 1.80. The summed E-state index contributed by atoms with van der Waals surface area (Å²) in [6, 6.07) is 5.78. The average molecular weight is 190 g/mol. The molecule has 4 heteroatoms. The molecule has 1 aromatic carbocycles. The van der Waals surface area contributed by atoms with E-state index in [0.717, 1.165) is 6.07 Å². The third-order valence-electron chi connectivity index (χ3n) is 1.65. The van der Waals surface area contributed by atoms with Crippen LogP contribution >= 0.6 is 0 Å². The predicted molar refractivity (Wildman–Crippen MR) is 49.1 cm³/mol. The molecule has 0 aliphatic carbocycles. The Morgan fingerprint density at radius 1 is 1.31 bits per heavy atom. The highest BCUT2D eigenvalue weighted by atomic mass is 27.0. The van der Waals surface area contributed by atoms with E-state index in [1.54, 1.807) is 18.3 Å². The maximum Gasteiger partial charge on any atom is 0.144 e. The molecule has 0 saturated heterocycles. The van der Waals surface area contributed by atoms with Crippen LogP contribution < -0.4 is 0 Å². The summed E-state index contributed by atoms with van der Waals surface area (Å²) < 4.78 is 12.7. The number of hydrogen-bond acceptors (Lipinski definition) is 2. The van der Waals surface area contributed by atoms with E-state index < -0.39 is 5.82 Å². The van der Waals surface area contributed by atoms with Gasteiger partial charge in [-0.15, -0.1) is 0 Å². The number of rotatable bonds is 0. The van der Waals surface area contributed by atoms with Crippen LogP contribution in [0.25, 0.3) is 10.9 Å². The van der Waals surface area contributed by atoms with Gasteiger partial charge in [-0.3, -0.25) is 4.98 Å². The molecule has 13 heavy (non-hydrogen) atoms. The number of halogens is 1. The van der Waals surface area contributed by atoms with E-state index in [4.69, 9.17) is 0 Å². The number of phenols is 1. The predicted octanol–water partition coefficient (Wildman–Crippen LogP) is 1.70. The molecule has 0 spiro atoms. The molecule has 63 valence electrons. The Labute approximate surface area is 85.2 Å². The van der Waals surface area contributed by atoms with Crippen molar-refractivity contribution >= 4 is 28.3 Å². The van der Waals surface area contributed by atoms with Crippen molar-refractivity contribution in [2.45, 2.75) is 0 Å². The smallest absolute Gasteiger partial charge is 0.144 e. The van der Waals surface area contributed by atoms with E-state index in [2.05, 4.69) is 4.98 Å². The van der Waals surface area contributed by atoms with Crippen LogP contribution in [-0.2, 0) is 0 Å². The lowest BCUT2D eigenvalue weighted by molar-refractivity contribution is 0.474. The van der Waals surface area contributed by atoms with Crippen molar-refractivity contribution in [3.63, 3.8) is 0 Å². The zero-order valence-corrected chi connectivity index (χ0v) is 7.89. The van der Waals surface area contributed by atoms with Crippen molar-refractivity contribution in [2.24, 2.45) is 0 Å². The lowest BCUT2D eigenvalue weighted by Crippen LogP contribution is -1.80. The number of aromatic nitrogens is 1. The number of phenolic OH excluding ortho intramolecular Hbond substituents is 1. The van der Waals surface area contributed by atoms with Crippen molar-refractivity contribution in [2.75, 3.05) is 0 Å². The topological polar surface area (TPSA) is 33.1 Å². The molecule has 0 saturated carbocycles. The standard InChI is InChI=1S/C9H6FNO.Al/c10-7-4-6-2-1-3-11-9(6)8(12)5-7;/h1-5,12H;. The number of pyridine rings is 1. The van der Waals surface area contributed by atoms with Crippen LogP contribution in [0.3, 0.4) is 0 Å². The number of benzene rings is 1. The number of aromatic hydroxyl groups is 1. The Morgan fingerprint density at radius 3 is 2.85 bits per heavy atom. The molecule has 0 atom stereocenters. The van der Waals surface area contributed by atoms with Gasteiger partial charge in [-0.05, 0) is 12.1 Å². The SMILES string of the molecule is Oc1cc(F)cc2cccnc12.[Al]. The van der Waals surface area contributed by atoms with Gasteiger partial charge in [0.05, 0.1) is 0 Å². The highest BCUT2D eigenvalue weighted by Gasteiger charge is 2.01. The fourth-order valence-electron chi connectivity index (χ4n) is 1.14. The summed E-state index contributed by atoms with van der Waals surface area (Å²) in [6.45, 7) is 0. The normalized spacial score (nSPS) is 9.62. The van der Waals surface area contributed by atoms with Gasteiger partial charge in [-0.2, -0.15) is 0 Å². The first-order valence-corrected chi connectivity index (χ1v) is 3.50. The molecular weight excluding hydrogens is 184 g/mol. The molecule has 2 aromatic rings. The van der Waals surface area contributed by atoms with Gasteiger partial charge in [0.15, 0.2) is 0 Å². The zero-order chi connectivity index (χ0) is 8.55. The van der Waals surface area contributed by atoms with Gasteiger partial charge in [0, 0.05) is 35.0 Å². The Morgan fingerprint density at radius 2 is 2.08 bits per heavy atom. The monoisotopic (exact) mass is 190 g/mol. The summed E-state index contributed by atoms with van der Waals surface area (Å²) in [5.74, 6) is -0.571. The first-order valence-electron chi connectivity index (χ1n) is 3.50. The van der Waals surface area contributed by atoms with Crippen molar-refractivity contribution in [1.29, 1.82) is 0 Å². The fraction of sp³-hybridized carbons (Fsp3) is 0. The maximum absolute atomic E-state index is 12.7. The van der Waals surface area contributed by atoms with Crippen LogP contribution in [0.5, 0.6) is 5.75 Å². The van der Waals surface area contributed by atoms with E-state index in [1.165, 1.54) is 6.07 Å². The van der Waals surface area contributed by atoms with Crippen molar-refractivity contribution in [1.82, 2.24) is 4.98 Å². The van der Waals surface area contributed by atoms with Gasteiger partial charge in [-0.1, -0.05) is 6.07 Å². The second-order valence-electron chi connectivity index (χ2n) is 2.50.